The van der Waals surface area contributed by atoms with Gasteiger partial charge in [0.25, 0.3) is 0 Å². The molecule has 0 saturated heterocycles. The van der Waals surface area contributed by atoms with Crippen molar-refractivity contribution < 1.29 is 14.3 Å². The van der Waals surface area contributed by atoms with Crippen molar-refractivity contribution >= 4 is 17.3 Å². The second-order valence-electron chi connectivity index (χ2n) is 4.23. The van der Waals surface area contributed by atoms with Crippen LogP contribution < -0.4 is 20.5 Å². The zero-order chi connectivity index (χ0) is 13.0. The first-order valence-electron chi connectivity index (χ1n) is 6.19. The molecule has 0 unspecified atom stereocenters. The molecule has 5 heteroatoms. The fourth-order valence-corrected chi connectivity index (χ4v) is 1.76. The number of ether oxygens (including phenoxy) is 2. The summed E-state index contributed by atoms with van der Waals surface area (Å²) in [6, 6.07) is 3.40. The summed E-state index contributed by atoms with van der Waals surface area (Å²) < 4.78 is 10.9. The molecule has 1 heterocycles. The zero-order valence-corrected chi connectivity index (χ0v) is 10.5. The Labute approximate surface area is 106 Å². The lowest BCUT2D eigenvalue weighted by Gasteiger charge is -2.20. The Balaban J connectivity index is 2.10. The number of carbonyl (C=O) groups is 1. The molecule has 0 radical (unpaired) electrons. The second-order valence-corrected chi connectivity index (χ2v) is 4.23. The molecule has 0 spiro atoms. The molecule has 1 amide bonds. The first-order chi connectivity index (χ1) is 8.70. The van der Waals surface area contributed by atoms with Crippen molar-refractivity contribution in [2.45, 2.75) is 26.2 Å². The number of nitrogen functional groups attached to an aromatic ring is 1. The van der Waals surface area contributed by atoms with Crippen LogP contribution in [-0.2, 0) is 4.79 Å². The van der Waals surface area contributed by atoms with Gasteiger partial charge in [0.2, 0.25) is 5.91 Å². The molecule has 1 aromatic rings. The van der Waals surface area contributed by atoms with E-state index >= 15 is 0 Å². The largest absolute Gasteiger partial charge is 0.486 e. The average Bonchev–Trinajstić information content (AvgIpc) is 2.37. The van der Waals surface area contributed by atoms with E-state index in [1.54, 1.807) is 12.1 Å². The smallest absolute Gasteiger partial charge is 0.224 e. The van der Waals surface area contributed by atoms with Crippen LogP contribution in [0.5, 0.6) is 11.5 Å². The van der Waals surface area contributed by atoms with Crippen LogP contribution in [0.4, 0.5) is 11.4 Å². The van der Waals surface area contributed by atoms with Crippen LogP contribution in [0, 0.1) is 0 Å². The summed E-state index contributed by atoms with van der Waals surface area (Å²) in [5.74, 6) is 1.23. The minimum absolute atomic E-state index is 0.0276. The van der Waals surface area contributed by atoms with Crippen LogP contribution in [-0.4, -0.2) is 19.1 Å². The molecular formula is C13H18N2O3. The van der Waals surface area contributed by atoms with Crippen LogP contribution in [0.15, 0.2) is 12.1 Å². The second kappa shape index (κ2) is 5.62. The van der Waals surface area contributed by atoms with Crippen molar-refractivity contribution in [3.8, 4) is 11.5 Å². The predicted molar refractivity (Wildman–Crippen MR) is 70.0 cm³/mol. The van der Waals surface area contributed by atoms with Crippen molar-refractivity contribution in [3.63, 3.8) is 0 Å². The Hall–Kier alpha value is -1.91. The first kappa shape index (κ1) is 12.5. The highest BCUT2D eigenvalue weighted by molar-refractivity contribution is 5.94. The Morgan fingerprint density at radius 1 is 1.33 bits per heavy atom. The number of carbonyl (C=O) groups excluding carboxylic acids is 1. The van der Waals surface area contributed by atoms with Gasteiger partial charge in [-0.2, -0.15) is 0 Å². The Morgan fingerprint density at radius 3 is 2.67 bits per heavy atom. The van der Waals surface area contributed by atoms with Crippen molar-refractivity contribution in [1.29, 1.82) is 0 Å². The van der Waals surface area contributed by atoms with E-state index in [0.29, 0.717) is 42.5 Å². The third-order valence-corrected chi connectivity index (χ3v) is 2.75. The van der Waals surface area contributed by atoms with E-state index < -0.39 is 0 Å². The van der Waals surface area contributed by atoms with Gasteiger partial charge in [0.05, 0.1) is 11.4 Å². The summed E-state index contributed by atoms with van der Waals surface area (Å²) in [6.07, 6.45) is 2.37. The summed E-state index contributed by atoms with van der Waals surface area (Å²) in [7, 11) is 0. The fraction of sp³-hybridized carbons (Fsp3) is 0.462. The molecule has 0 saturated carbocycles. The summed E-state index contributed by atoms with van der Waals surface area (Å²) in [5.41, 5.74) is 6.94. The van der Waals surface area contributed by atoms with E-state index in [1.807, 2.05) is 6.92 Å². The van der Waals surface area contributed by atoms with E-state index in [0.717, 1.165) is 12.8 Å². The molecule has 1 aliphatic heterocycles. The molecule has 18 heavy (non-hydrogen) atoms. The van der Waals surface area contributed by atoms with E-state index in [9.17, 15) is 4.79 Å². The number of nitrogens with two attached hydrogens (primary N) is 1. The van der Waals surface area contributed by atoms with Crippen molar-refractivity contribution in [2.75, 3.05) is 24.3 Å². The minimum Gasteiger partial charge on any atom is -0.486 e. The number of benzene rings is 1. The molecule has 1 aromatic carbocycles. The summed E-state index contributed by atoms with van der Waals surface area (Å²) >= 11 is 0. The van der Waals surface area contributed by atoms with Gasteiger partial charge in [0, 0.05) is 18.6 Å². The highest BCUT2D eigenvalue weighted by Gasteiger charge is 2.15. The highest BCUT2D eigenvalue weighted by atomic mass is 16.6. The maximum absolute atomic E-state index is 11.7. The topological polar surface area (TPSA) is 73.6 Å². The van der Waals surface area contributed by atoms with Crippen molar-refractivity contribution in [3.05, 3.63) is 12.1 Å². The van der Waals surface area contributed by atoms with E-state index in [2.05, 4.69) is 5.32 Å². The summed E-state index contributed by atoms with van der Waals surface area (Å²) in [6.45, 7) is 3.08. The van der Waals surface area contributed by atoms with Crippen LogP contribution in [0.3, 0.4) is 0 Å². The van der Waals surface area contributed by atoms with E-state index in [1.165, 1.54) is 0 Å². The number of hydrogen-bond donors (Lipinski definition) is 2. The van der Waals surface area contributed by atoms with Crippen LogP contribution in [0.2, 0.25) is 0 Å². The average molecular weight is 250 g/mol. The number of rotatable bonds is 4. The molecule has 0 fully saturated rings. The molecule has 0 aliphatic carbocycles. The van der Waals surface area contributed by atoms with Gasteiger partial charge in [-0.1, -0.05) is 13.3 Å². The van der Waals surface area contributed by atoms with Gasteiger partial charge in [0.1, 0.15) is 13.2 Å². The number of hydrogen-bond acceptors (Lipinski definition) is 4. The highest BCUT2D eigenvalue weighted by Crippen LogP contribution is 2.36. The van der Waals surface area contributed by atoms with E-state index in [-0.39, 0.29) is 5.91 Å². The monoisotopic (exact) mass is 250 g/mol. The predicted octanol–water partition coefficient (Wildman–Crippen LogP) is 2.17. The maximum Gasteiger partial charge on any atom is 0.224 e. The van der Waals surface area contributed by atoms with E-state index in [4.69, 9.17) is 15.2 Å². The lowest BCUT2D eigenvalue weighted by atomic mass is 10.2. The summed E-state index contributed by atoms with van der Waals surface area (Å²) in [5, 5.41) is 2.80. The van der Waals surface area contributed by atoms with Crippen molar-refractivity contribution in [1.82, 2.24) is 0 Å². The van der Waals surface area contributed by atoms with Gasteiger partial charge >= 0.3 is 0 Å². The Morgan fingerprint density at radius 2 is 2.00 bits per heavy atom. The molecule has 98 valence electrons. The number of nitrogens with one attached hydrogen (secondary N) is 1. The van der Waals surface area contributed by atoms with Gasteiger partial charge in [0.15, 0.2) is 11.5 Å². The first-order valence-corrected chi connectivity index (χ1v) is 6.19. The third kappa shape index (κ3) is 2.85. The number of amides is 1. The van der Waals surface area contributed by atoms with Gasteiger partial charge in [-0.15, -0.1) is 0 Å². The SMILES string of the molecule is CCCCC(=O)Nc1cc2c(cc1N)OCCO2. The fourth-order valence-electron chi connectivity index (χ4n) is 1.76. The van der Waals surface area contributed by atoms with Gasteiger partial charge in [-0.25, -0.2) is 0 Å². The lowest BCUT2D eigenvalue weighted by molar-refractivity contribution is -0.116. The van der Waals surface area contributed by atoms with Crippen LogP contribution in [0.1, 0.15) is 26.2 Å². The quantitative estimate of drug-likeness (QED) is 0.803. The minimum atomic E-state index is -0.0276. The van der Waals surface area contributed by atoms with Gasteiger partial charge in [-0.05, 0) is 6.42 Å². The molecule has 0 bridgehead atoms. The maximum atomic E-state index is 11.7. The third-order valence-electron chi connectivity index (χ3n) is 2.75. The Bertz CT molecular complexity index is 446. The Kier molecular flexibility index (Phi) is 3.92. The van der Waals surface area contributed by atoms with Crippen molar-refractivity contribution in [2.24, 2.45) is 0 Å². The molecular weight excluding hydrogens is 232 g/mol. The molecule has 2 rings (SSSR count). The number of unbranched alkanes of at least 4 members (excludes halogenated alkanes) is 1. The molecule has 0 aromatic heterocycles. The molecule has 1 aliphatic rings. The number of anilines is 2. The lowest BCUT2D eigenvalue weighted by Crippen LogP contribution is -2.17. The van der Waals surface area contributed by atoms with Crippen LogP contribution in [0.25, 0.3) is 0 Å². The number of fused-ring (bicyclic) bond motifs is 1. The zero-order valence-electron chi connectivity index (χ0n) is 10.5. The van der Waals surface area contributed by atoms with Gasteiger partial charge in [-0.3, -0.25) is 4.79 Å². The normalized spacial score (nSPS) is 13.2. The molecule has 0 atom stereocenters. The standard InChI is InChI=1S/C13H18N2O3/c1-2-3-4-13(16)15-10-8-12-11(7-9(10)14)17-5-6-18-12/h7-8H,2-6,14H2,1H3,(H,15,16). The molecule has 5 nitrogen and oxygen atoms in total. The van der Waals surface area contributed by atoms with Gasteiger partial charge < -0.3 is 20.5 Å². The summed E-state index contributed by atoms with van der Waals surface area (Å²) in [4.78, 5) is 11.7. The molecule has 3 N–H and O–H groups in total. The van der Waals surface area contributed by atoms with Crippen LogP contribution >= 0.6 is 0 Å².